The number of carbonyl (C=O) groups is 2. The summed E-state index contributed by atoms with van der Waals surface area (Å²) in [5, 5.41) is 3.25. The van der Waals surface area contributed by atoms with Gasteiger partial charge in [-0.2, -0.15) is 0 Å². The van der Waals surface area contributed by atoms with E-state index in [9.17, 15) is 22.4 Å². The van der Waals surface area contributed by atoms with Crippen LogP contribution in [0.5, 0.6) is 0 Å². The van der Waals surface area contributed by atoms with Crippen LogP contribution in [0.1, 0.15) is 17.2 Å². The minimum Gasteiger partial charge on any atom is -0.398 e. The molecule has 3 N–H and O–H groups in total. The molecule has 3 aromatic carbocycles. The lowest BCUT2D eigenvalue weighted by Crippen LogP contribution is -2.52. The van der Waals surface area contributed by atoms with Gasteiger partial charge in [0.15, 0.2) is 9.84 Å². The quantitative estimate of drug-likeness (QED) is 0.431. The van der Waals surface area contributed by atoms with Gasteiger partial charge in [0.25, 0.3) is 0 Å². The van der Waals surface area contributed by atoms with E-state index in [1.54, 1.807) is 47.4 Å². The summed E-state index contributed by atoms with van der Waals surface area (Å²) in [5.41, 5.74) is 7.92. The predicted molar refractivity (Wildman–Crippen MR) is 145 cm³/mol. The smallest absolute Gasteiger partial charge is 0.249 e. The maximum Gasteiger partial charge on any atom is 0.249 e. The van der Waals surface area contributed by atoms with Crippen LogP contribution in [-0.4, -0.2) is 57.6 Å². The number of carbonyl (C=O) groups excluding carboxylic acids is 2. The normalized spacial score (nSPS) is 14.7. The van der Waals surface area contributed by atoms with E-state index in [1.165, 1.54) is 12.1 Å². The first kappa shape index (κ1) is 27.4. The molecule has 8 nitrogen and oxygen atoms in total. The van der Waals surface area contributed by atoms with Gasteiger partial charge in [-0.25, -0.2) is 12.8 Å². The van der Waals surface area contributed by atoms with Crippen molar-refractivity contribution in [1.82, 2.24) is 10.2 Å². The first-order valence-corrected chi connectivity index (χ1v) is 14.2. The Kier molecular flexibility index (Phi) is 8.23. The molecular weight excluding hydrogens is 531 g/mol. The van der Waals surface area contributed by atoms with E-state index < -0.39 is 21.7 Å². The Morgan fingerprint density at radius 3 is 2.34 bits per heavy atom. The average Bonchev–Trinajstić information content (AvgIpc) is 2.89. The Balaban J connectivity index is 1.49. The summed E-state index contributed by atoms with van der Waals surface area (Å²) in [6.07, 6.45) is 1.06. The number of hydrogen-bond acceptors (Lipinski definition) is 6. The number of nitrogen functional groups attached to an aromatic ring is 1. The van der Waals surface area contributed by atoms with Crippen LogP contribution in [0.15, 0.2) is 71.6 Å². The predicted octanol–water partition coefficient (Wildman–Crippen LogP) is 3.21. The van der Waals surface area contributed by atoms with Crippen molar-refractivity contribution in [2.75, 3.05) is 43.1 Å². The Bertz CT molecular complexity index is 1440. The van der Waals surface area contributed by atoms with Gasteiger partial charge in [-0.3, -0.25) is 9.59 Å². The molecule has 0 aromatic heterocycles. The van der Waals surface area contributed by atoms with Crippen LogP contribution in [0.25, 0.3) is 0 Å². The first-order valence-electron chi connectivity index (χ1n) is 11.9. The van der Waals surface area contributed by atoms with E-state index in [4.69, 9.17) is 17.3 Å². The van der Waals surface area contributed by atoms with Gasteiger partial charge in [0.1, 0.15) is 11.9 Å². The number of amides is 2. The maximum absolute atomic E-state index is 13.8. The molecule has 1 saturated heterocycles. The van der Waals surface area contributed by atoms with Gasteiger partial charge in [0, 0.05) is 32.4 Å². The van der Waals surface area contributed by atoms with E-state index in [0.717, 1.165) is 12.3 Å². The maximum atomic E-state index is 13.8. The van der Waals surface area contributed by atoms with E-state index in [1.807, 2.05) is 11.0 Å². The largest absolute Gasteiger partial charge is 0.398 e. The third kappa shape index (κ3) is 6.43. The summed E-state index contributed by atoms with van der Waals surface area (Å²) in [6.45, 7) is 1.29. The lowest BCUT2D eigenvalue weighted by atomic mass is 10.0. The molecule has 3 aromatic rings. The zero-order valence-corrected chi connectivity index (χ0v) is 22.3. The fraction of sp³-hybridized carbons (Fsp3) is 0.259. The Morgan fingerprint density at radius 1 is 1.03 bits per heavy atom. The van der Waals surface area contributed by atoms with Gasteiger partial charge >= 0.3 is 0 Å². The van der Waals surface area contributed by atoms with Gasteiger partial charge in [-0.15, -0.1) is 0 Å². The number of hydrogen-bond donors (Lipinski definition) is 2. The summed E-state index contributed by atoms with van der Waals surface area (Å²) in [6, 6.07) is 16.7. The van der Waals surface area contributed by atoms with Crippen molar-refractivity contribution in [2.45, 2.75) is 17.4 Å². The zero-order chi connectivity index (χ0) is 27.4. The lowest BCUT2D eigenvalue weighted by molar-refractivity contribution is -0.136. The van der Waals surface area contributed by atoms with Crippen LogP contribution < -0.4 is 16.0 Å². The van der Waals surface area contributed by atoms with Crippen molar-refractivity contribution < 1.29 is 22.4 Å². The Hall–Kier alpha value is -3.63. The number of nitrogens with one attached hydrogen (secondary N) is 1. The molecule has 0 bridgehead atoms. The average molecular weight is 559 g/mol. The third-order valence-corrected chi connectivity index (χ3v) is 7.83. The summed E-state index contributed by atoms with van der Waals surface area (Å²) >= 11 is 5.97. The Morgan fingerprint density at radius 2 is 1.71 bits per heavy atom. The van der Waals surface area contributed by atoms with Crippen molar-refractivity contribution in [1.29, 1.82) is 0 Å². The van der Waals surface area contributed by atoms with E-state index in [-0.39, 0.29) is 23.1 Å². The summed E-state index contributed by atoms with van der Waals surface area (Å²) in [7, 11) is -3.65. The SMILES string of the molecule is CS(=O)(=O)c1cc(F)ccc1N1CCN(C(=O)C(NC(=O)Cc2ccc(Cl)c(N)c2)c2ccccc2)CC1. The highest BCUT2D eigenvalue weighted by Gasteiger charge is 2.31. The van der Waals surface area contributed by atoms with E-state index >= 15 is 0 Å². The van der Waals surface area contributed by atoms with Crippen LogP contribution in [0.4, 0.5) is 15.8 Å². The molecule has 1 aliphatic rings. The highest BCUT2D eigenvalue weighted by molar-refractivity contribution is 7.90. The fourth-order valence-corrected chi connectivity index (χ4v) is 5.45. The number of nitrogens with two attached hydrogens (primary N) is 1. The van der Waals surface area contributed by atoms with Gasteiger partial charge in [-0.1, -0.05) is 48.0 Å². The molecule has 1 unspecified atom stereocenters. The van der Waals surface area contributed by atoms with Crippen molar-refractivity contribution in [3.05, 3.63) is 88.7 Å². The highest BCUT2D eigenvalue weighted by Crippen LogP contribution is 2.28. The van der Waals surface area contributed by atoms with Crippen molar-refractivity contribution in [2.24, 2.45) is 0 Å². The molecule has 1 heterocycles. The standard InChI is InChI=1S/C27H28ClFN4O4S/c1-38(36,37)24-17-20(29)8-10-23(24)32-11-13-33(14-12-32)27(35)26(19-5-3-2-4-6-19)31-25(34)16-18-7-9-21(28)22(30)15-18/h2-10,15,17,26H,11-14,16,30H2,1H3,(H,31,34). The molecule has 1 atom stereocenters. The molecule has 4 rings (SSSR count). The number of rotatable bonds is 7. The molecule has 0 spiro atoms. The van der Waals surface area contributed by atoms with Crippen LogP contribution in [0.2, 0.25) is 5.02 Å². The number of piperazine rings is 1. The topological polar surface area (TPSA) is 113 Å². The van der Waals surface area contributed by atoms with Crippen LogP contribution in [0, 0.1) is 5.82 Å². The summed E-state index contributed by atoms with van der Waals surface area (Å²) in [5.74, 6) is -1.26. The van der Waals surface area contributed by atoms with Crippen LogP contribution in [-0.2, 0) is 25.8 Å². The molecule has 1 aliphatic heterocycles. The molecule has 2 amide bonds. The second kappa shape index (κ2) is 11.4. The molecule has 0 aliphatic carbocycles. The van der Waals surface area contributed by atoms with Gasteiger partial charge < -0.3 is 20.9 Å². The molecule has 1 fully saturated rings. The van der Waals surface area contributed by atoms with Crippen LogP contribution >= 0.6 is 11.6 Å². The minimum absolute atomic E-state index is 0.0184. The number of nitrogens with zero attached hydrogens (tertiary/aromatic N) is 2. The number of benzene rings is 3. The number of halogens is 2. The van der Waals surface area contributed by atoms with Gasteiger partial charge in [-0.05, 0) is 41.5 Å². The lowest BCUT2D eigenvalue weighted by Gasteiger charge is -2.38. The van der Waals surface area contributed by atoms with Gasteiger partial charge in [0.05, 0.1) is 27.7 Å². The minimum atomic E-state index is -3.65. The molecule has 0 saturated carbocycles. The fourth-order valence-electron chi connectivity index (χ4n) is 4.43. The summed E-state index contributed by atoms with van der Waals surface area (Å²) in [4.78, 5) is 29.9. The van der Waals surface area contributed by atoms with E-state index in [0.29, 0.717) is 53.7 Å². The molecule has 38 heavy (non-hydrogen) atoms. The molecule has 0 radical (unpaired) electrons. The van der Waals surface area contributed by atoms with Crippen molar-refractivity contribution in [3.63, 3.8) is 0 Å². The first-order chi connectivity index (χ1) is 18.0. The van der Waals surface area contributed by atoms with Crippen molar-refractivity contribution >= 4 is 44.6 Å². The van der Waals surface area contributed by atoms with E-state index in [2.05, 4.69) is 5.32 Å². The Labute approximate surface area is 226 Å². The number of sulfone groups is 1. The zero-order valence-electron chi connectivity index (χ0n) is 20.7. The molecular formula is C27H28ClFN4O4S. The third-order valence-electron chi connectivity index (χ3n) is 6.36. The van der Waals surface area contributed by atoms with Gasteiger partial charge in [0.2, 0.25) is 11.8 Å². The monoisotopic (exact) mass is 558 g/mol. The highest BCUT2D eigenvalue weighted by atomic mass is 35.5. The second-order valence-corrected chi connectivity index (χ2v) is 11.5. The summed E-state index contributed by atoms with van der Waals surface area (Å²) < 4.78 is 38.2. The second-order valence-electron chi connectivity index (χ2n) is 9.14. The molecule has 200 valence electrons. The van der Waals surface area contributed by atoms with Crippen LogP contribution in [0.3, 0.4) is 0 Å². The van der Waals surface area contributed by atoms with Crippen molar-refractivity contribution in [3.8, 4) is 0 Å². The molecule has 11 heteroatoms. The number of anilines is 2.